The number of aliphatic hydroxyl groups excluding tert-OH is 1. The molecule has 1 fully saturated rings. The molecule has 0 saturated carbocycles. The molecule has 1 saturated heterocycles. The number of nitrogens with zero attached hydrogens (tertiary/aromatic N) is 1. The van der Waals surface area contributed by atoms with Crippen molar-refractivity contribution in [1.29, 1.82) is 0 Å². The van der Waals surface area contributed by atoms with Gasteiger partial charge in [-0.1, -0.05) is 12.1 Å². The van der Waals surface area contributed by atoms with Crippen LogP contribution in [-0.4, -0.2) is 46.8 Å². The Hall–Kier alpha value is -2.34. The number of aromatic amines is 1. The Balaban J connectivity index is 1.18. The largest absolute Gasteiger partial charge is 0.490 e. The first-order chi connectivity index (χ1) is 15.5. The first kappa shape index (κ1) is 21.5. The predicted octanol–water partition coefficient (Wildman–Crippen LogP) is 6.01. The van der Waals surface area contributed by atoms with E-state index in [9.17, 15) is 5.11 Å². The van der Waals surface area contributed by atoms with Gasteiger partial charge in [0.25, 0.3) is 0 Å². The number of fused-ring (bicyclic) bond motifs is 2. The summed E-state index contributed by atoms with van der Waals surface area (Å²) < 4.78 is 7.39. The molecule has 32 heavy (non-hydrogen) atoms. The first-order valence-corrected chi connectivity index (χ1v) is 12.5. The Labute approximate surface area is 193 Å². The van der Waals surface area contributed by atoms with Gasteiger partial charge in [0.15, 0.2) is 0 Å². The highest BCUT2D eigenvalue weighted by Gasteiger charge is 2.28. The molecular weight excluding hydrogens is 416 g/mol. The zero-order valence-corrected chi connectivity index (χ0v) is 19.9. The molecule has 4 nitrogen and oxygen atoms in total. The summed E-state index contributed by atoms with van der Waals surface area (Å²) in [6, 6.07) is 15.6. The van der Waals surface area contributed by atoms with Crippen LogP contribution in [0.25, 0.3) is 21.0 Å². The highest BCUT2D eigenvalue weighted by molar-refractivity contribution is 7.17. The Bertz CT molecular complexity index is 1230. The van der Waals surface area contributed by atoms with E-state index in [4.69, 9.17) is 4.74 Å². The zero-order chi connectivity index (χ0) is 22.2. The number of nitrogens with one attached hydrogen (secondary N) is 1. The third-order valence-corrected chi connectivity index (χ3v) is 7.99. The number of β-amino-alcohol motifs (C(OH)–C–C–N with tert-alkyl or cyclic N) is 1. The van der Waals surface area contributed by atoms with Gasteiger partial charge in [0.05, 0.1) is 0 Å². The van der Waals surface area contributed by atoms with Crippen molar-refractivity contribution >= 4 is 32.3 Å². The topological polar surface area (TPSA) is 48.5 Å². The van der Waals surface area contributed by atoms with Crippen molar-refractivity contribution in [3.8, 4) is 5.75 Å². The van der Waals surface area contributed by atoms with Gasteiger partial charge >= 0.3 is 0 Å². The van der Waals surface area contributed by atoms with Crippen molar-refractivity contribution in [3.05, 3.63) is 64.7 Å². The maximum Gasteiger partial charge on any atom is 0.128 e. The molecule has 5 rings (SSSR count). The van der Waals surface area contributed by atoms with E-state index in [1.54, 1.807) is 0 Å². The number of aromatic nitrogens is 1. The predicted molar refractivity (Wildman–Crippen MR) is 134 cm³/mol. The van der Waals surface area contributed by atoms with Crippen LogP contribution in [0, 0.1) is 13.8 Å². The zero-order valence-electron chi connectivity index (χ0n) is 19.1. The van der Waals surface area contributed by atoms with E-state index in [1.165, 1.54) is 21.2 Å². The number of hydrogen-bond acceptors (Lipinski definition) is 4. The molecule has 3 unspecified atom stereocenters. The third-order valence-electron chi connectivity index (χ3n) is 6.91. The molecule has 2 aromatic heterocycles. The number of aliphatic hydroxyl groups is 1. The fourth-order valence-electron chi connectivity index (χ4n) is 5.12. The van der Waals surface area contributed by atoms with Gasteiger partial charge in [0.1, 0.15) is 18.5 Å². The average Bonchev–Trinajstić information content (AvgIpc) is 3.35. The molecule has 168 valence electrons. The van der Waals surface area contributed by atoms with E-state index in [2.05, 4.69) is 59.4 Å². The lowest BCUT2D eigenvalue weighted by atomic mass is 9.85. The normalized spacial score (nSPS) is 20.8. The van der Waals surface area contributed by atoms with Crippen molar-refractivity contribution in [2.75, 3.05) is 19.7 Å². The fraction of sp³-hybridized carbons (Fsp3) is 0.407. The molecule has 3 heterocycles. The lowest BCUT2D eigenvalue weighted by Crippen LogP contribution is -2.45. The van der Waals surface area contributed by atoms with Crippen molar-refractivity contribution in [2.45, 2.75) is 51.7 Å². The molecule has 1 aliphatic heterocycles. The number of rotatable bonds is 6. The fourth-order valence-corrected chi connectivity index (χ4v) is 6.05. The average molecular weight is 449 g/mol. The minimum absolute atomic E-state index is 0.310. The molecule has 3 atom stereocenters. The molecule has 0 spiro atoms. The summed E-state index contributed by atoms with van der Waals surface area (Å²) in [5, 5.41) is 15.4. The van der Waals surface area contributed by atoms with Crippen LogP contribution < -0.4 is 4.74 Å². The number of H-pyrrole nitrogens is 1. The number of likely N-dealkylation sites (tertiary alicyclic amines) is 1. The van der Waals surface area contributed by atoms with E-state index in [0.717, 1.165) is 41.7 Å². The highest BCUT2D eigenvalue weighted by atomic mass is 32.1. The Morgan fingerprint density at radius 2 is 2.06 bits per heavy atom. The van der Waals surface area contributed by atoms with E-state index in [0.29, 0.717) is 25.1 Å². The van der Waals surface area contributed by atoms with Crippen LogP contribution in [0.5, 0.6) is 5.75 Å². The molecule has 0 bridgehead atoms. The van der Waals surface area contributed by atoms with Gasteiger partial charge in [-0.05, 0) is 98.3 Å². The van der Waals surface area contributed by atoms with Crippen LogP contribution in [-0.2, 0) is 0 Å². The maximum atomic E-state index is 10.7. The summed E-state index contributed by atoms with van der Waals surface area (Å²) in [6.45, 7) is 8.51. The summed E-state index contributed by atoms with van der Waals surface area (Å²) >= 11 is 1.83. The van der Waals surface area contributed by atoms with Crippen molar-refractivity contribution in [3.63, 3.8) is 0 Å². The Morgan fingerprint density at radius 1 is 1.19 bits per heavy atom. The Kier molecular flexibility index (Phi) is 5.97. The molecule has 2 aromatic carbocycles. The molecular formula is C27H32N2O2S. The van der Waals surface area contributed by atoms with Gasteiger partial charge in [-0.3, -0.25) is 4.90 Å². The van der Waals surface area contributed by atoms with Crippen molar-refractivity contribution < 1.29 is 9.84 Å². The van der Waals surface area contributed by atoms with Gasteiger partial charge in [-0.2, -0.15) is 0 Å². The summed E-state index contributed by atoms with van der Waals surface area (Å²) in [5.74, 6) is 1.42. The van der Waals surface area contributed by atoms with Crippen LogP contribution in [0.1, 0.15) is 42.5 Å². The van der Waals surface area contributed by atoms with Crippen LogP contribution >= 0.6 is 11.3 Å². The van der Waals surface area contributed by atoms with Crippen LogP contribution in [0.2, 0.25) is 0 Å². The van der Waals surface area contributed by atoms with Gasteiger partial charge in [-0.15, -0.1) is 11.3 Å². The SMILES string of the molecule is Cc1cc2c(OCC(O)CN3CCC(c4ccc5scc(C)c5c4)CC3C)cccc2[nH]1. The summed E-state index contributed by atoms with van der Waals surface area (Å²) in [6.07, 6.45) is 1.76. The third kappa shape index (κ3) is 4.29. The van der Waals surface area contributed by atoms with Crippen molar-refractivity contribution in [2.24, 2.45) is 0 Å². The quantitative estimate of drug-likeness (QED) is 0.380. The summed E-state index contributed by atoms with van der Waals surface area (Å²) in [5.41, 5.74) is 5.03. The minimum atomic E-state index is -0.505. The van der Waals surface area contributed by atoms with Crippen LogP contribution in [0.15, 0.2) is 47.8 Å². The molecule has 5 heteroatoms. The van der Waals surface area contributed by atoms with Gasteiger partial charge in [0, 0.05) is 33.9 Å². The van der Waals surface area contributed by atoms with E-state index in [1.807, 2.05) is 30.4 Å². The maximum absolute atomic E-state index is 10.7. The smallest absolute Gasteiger partial charge is 0.128 e. The molecule has 0 amide bonds. The molecule has 4 aromatic rings. The van der Waals surface area contributed by atoms with Gasteiger partial charge in [-0.25, -0.2) is 0 Å². The van der Waals surface area contributed by atoms with Crippen molar-refractivity contribution in [1.82, 2.24) is 9.88 Å². The second kappa shape index (κ2) is 8.89. The number of hydrogen-bond donors (Lipinski definition) is 2. The van der Waals surface area contributed by atoms with E-state index in [-0.39, 0.29) is 0 Å². The number of aryl methyl sites for hydroxylation is 2. The molecule has 2 N–H and O–H groups in total. The second-order valence-corrected chi connectivity index (χ2v) is 10.3. The van der Waals surface area contributed by atoms with Crippen LogP contribution in [0.3, 0.4) is 0 Å². The van der Waals surface area contributed by atoms with E-state index >= 15 is 0 Å². The summed E-state index contributed by atoms with van der Waals surface area (Å²) in [7, 11) is 0. The summed E-state index contributed by atoms with van der Waals surface area (Å²) in [4.78, 5) is 5.75. The standard InChI is InChI=1S/C27H32N2O2S/c1-17-16-32-27-8-7-20(13-23(17)27)21-9-10-29(19(3)12-21)14-22(30)15-31-26-6-4-5-25-24(26)11-18(2)28-25/h4-8,11,13,16,19,21-22,28,30H,9-10,12,14-15H2,1-3H3. The minimum Gasteiger partial charge on any atom is -0.490 e. The Morgan fingerprint density at radius 3 is 2.91 bits per heavy atom. The highest BCUT2D eigenvalue weighted by Crippen LogP contribution is 2.35. The van der Waals surface area contributed by atoms with Crippen LogP contribution in [0.4, 0.5) is 0 Å². The second-order valence-electron chi connectivity index (χ2n) is 9.37. The van der Waals surface area contributed by atoms with E-state index < -0.39 is 6.10 Å². The molecule has 0 radical (unpaired) electrons. The monoisotopic (exact) mass is 448 g/mol. The number of piperidine rings is 1. The van der Waals surface area contributed by atoms with Gasteiger partial charge < -0.3 is 14.8 Å². The first-order valence-electron chi connectivity index (χ1n) is 11.6. The lowest BCUT2D eigenvalue weighted by molar-refractivity contribution is 0.0406. The number of benzene rings is 2. The molecule has 0 aliphatic carbocycles. The number of ether oxygens (including phenoxy) is 1. The number of thiophene rings is 1. The lowest BCUT2D eigenvalue weighted by Gasteiger charge is -2.38. The molecule has 1 aliphatic rings. The van der Waals surface area contributed by atoms with Gasteiger partial charge in [0.2, 0.25) is 0 Å².